The van der Waals surface area contributed by atoms with Crippen molar-refractivity contribution in [1.29, 1.82) is 0 Å². The molecule has 0 aliphatic rings. The Kier molecular flexibility index (Phi) is 27.8. The zero-order valence-electron chi connectivity index (χ0n) is 36.8. The average Bonchev–Trinajstić information content (AvgIpc) is 3.17. The highest BCUT2D eigenvalue weighted by atomic mass is 16.5. The summed E-state index contributed by atoms with van der Waals surface area (Å²) in [4.78, 5) is 0. The number of ether oxygens (including phenoxy) is 1. The van der Waals surface area contributed by atoms with E-state index in [-0.39, 0.29) is 0 Å². The second-order valence-electron chi connectivity index (χ2n) is 17.5. The lowest BCUT2D eigenvalue weighted by molar-refractivity contribution is 0.452. The first kappa shape index (κ1) is 48.6. The molecular weight excluding hydrogens is 673 g/mol. The molecule has 2 aromatic rings. The molecule has 316 valence electrons. The molecular formula is C50H90N4O. The maximum atomic E-state index is 6.71. The first-order valence-electron chi connectivity index (χ1n) is 23.8. The first-order chi connectivity index (χ1) is 26.8. The molecule has 0 fully saturated rings. The summed E-state index contributed by atoms with van der Waals surface area (Å²) in [7, 11) is 0. The molecule has 5 heteroatoms. The summed E-state index contributed by atoms with van der Waals surface area (Å²) >= 11 is 0. The predicted octanol–water partition coefficient (Wildman–Crippen LogP) is 15.9. The fraction of sp³-hybridized carbons (Fsp3) is 0.760. The molecule has 0 spiro atoms. The monoisotopic (exact) mass is 763 g/mol. The first-order valence-corrected chi connectivity index (χ1v) is 23.8. The largest absolute Gasteiger partial charge is 0.453 e. The molecule has 0 heterocycles. The van der Waals surface area contributed by atoms with Gasteiger partial charge in [-0.15, -0.1) is 0 Å². The van der Waals surface area contributed by atoms with Gasteiger partial charge in [0.2, 0.25) is 0 Å². The van der Waals surface area contributed by atoms with Crippen molar-refractivity contribution in [3.63, 3.8) is 0 Å². The maximum absolute atomic E-state index is 6.71. The van der Waals surface area contributed by atoms with Gasteiger partial charge in [-0.2, -0.15) is 0 Å². The molecule has 0 radical (unpaired) electrons. The third kappa shape index (κ3) is 22.1. The van der Waals surface area contributed by atoms with E-state index in [0.29, 0.717) is 34.7 Å². The molecule has 0 bridgehead atoms. The van der Waals surface area contributed by atoms with Gasteiger partial charge in [0.1, 0.15) is 0 Å². The second-order valence-corrected chi connectivity index (χ2v) is 17.5. The van der Waals surface area contributed by atoms with Crippen LogP contribution in [0.2, 0.25) is 0 Å². The van der Waals surface area contributed by atoms with E-state index < -0.39 is 0 Å². The molecule has 2 rings (SSSR count). The van der Waals surface area contributed by atoms with Crippen LogP contribution in [-0.2, 0) is 12.8 Å². The van der Waals surface area contributed by atoms with Crippen molar-refractivity contribution in [2.75, 3.05) is 22.9 Å². The summed E-state index contributed by atoms with van der Waals surface area (Å²) in [5.41, 5.74) is 31.0. The average molecular weight is 763 g/mol. The van der Waals surface area contributed by atoms with Crippen LogP contribution in [0.5, 0.6) is 11.5 Å². The quantitative estimate of drug-likeness (QED) is 0.0408. The van der Waals surface area contributed by atoms with E-state index in [2.05, 4.69) is 27.7 Å². The Morgan fingerprint density at radius 2 is 0.655 bits per heavy atom. The number of benzene rings is 2. The summed E-state index contributed by atoms with van der Waals surface area (Å²) in [5.74, 6) is 2.51. The fourth-order valence-corrected chi connectivity index (χ4v) is 8.27. The lowest BCUT2D eigenvalue weighted by Crippen LogP contribution is -2.07. The smallest absolute Gasteiger partial charge is 0.150 e. The highest BCUT2D eigenvalue weighted by molar-refractivity contribution is 5.72. The van der Waals surface area contributed by atoms with Crippen LogP contribution in [0.1, 0.15) is 231 Å². The van der Waals surface area contributed by atoms with Gasteiger partial charge in [-0.05, 0) is 61.8 Å². The topological polar surface area (TPSA) is 113 Å². The van der Waals surface area contributed by atoms with E-state index in [4.69, 9.17) is 27.7 Å². The summed E-state index contributed by atoms with van der Waals surface area (Å²) in [6.07, 6.45) is 42.7. The van der Waals surface area contributed by atoms with Crippen LogP contribution in [0, 0.1) is 11.8 Å². The lowest BCUT2D eigenvalue weighted by Gasteiger charge is -2.19. The normalized spacial score (nSPS) is 12.7. The summed E-state index contributed by atoms with van der Waals surface area (Å²) < 4.78 is 6.39. The predicted molar refractivity (Wildman–Crippen MR) is 246 cm³/mol. The molecule has 0 aromatic heterocycles. The van der Waals surface area contributed by atoms with Crippen LogP contribution < -0.4 is 27.7 Å². The van der Waals surface area contributed by atoms with Gasteiger partial charge in [0, 0.05) is 22.5 Å². The van der Waals surface area contributed by atoms with E-state index >= 15 is 0 Å². The molecule has 5 nitrogen and oxygen atoms in total. The van der Waals surface area contributed by atoms with Crippen LogP contribution in [-0.4, -0.2) is 0 Å². The van der Waals surface area contributed by atoms with Gasteiger partial charge in [-0.3, -0.25) is 0 Å². The van der Waals surface area contributed by atoms with Crippen LogP contribution in [0.15, 0.2) is 24.3 Å². The van der Waals surface area contributed by atoms with Crippen LogP contribution in [0.4, 0.5) is 22.7 Å². The summed E-state index contributed by atoms with van der Waals surface area (Å²) in [5, 5.41) is 0. The molecule has 0 aliphatic carbocycles. The molecule has 0 saturated carbocycles. The van der Waals surface area contributed by atoms with Crippen LogP contribution in [0.3, 0.4) is 0 Å². The molecule has 2 unspecified atom stereocenters. The Morgan fingerprint density at radius 1 is 0.382 bits per heavy atom. The number of hydrogen-bond donors (Lipinski definition) is 4. The Hall–Kier alpha value is -2.56. The second kappa shape index (κ2) is 31.5. The van der Waals surface area contributed by atoms with Crippen molar-refractivity contribution in [3.05, 3.63) is 35.4 Å². The molecule has 0 aliphatic heterocycles. The van der Waals surface area contributed by atoms with Gasteiger partial charge >= 0.3 is 0 Å². The van der Waals surface area contributed by atoms with Crippen molar-refractivity contribution < 1.29 is 4.74 Å². The van der Waals surface area contributed by atoms with E-state index in [1.54, 1.807) is 0 Å². The van der Waals surface area contributed by atoms with E-state index in [1.165, 1.54) is 180 Å². The third-order valence-electron chi connectivity index (χ3n) is 12.3. The highest BCUT2D eigenvalue weighted by Gasteiger charge is 2.17. The summed E-state index contributed by atoms with van der Waals surface area (Å²) in [6, 6.07) is 7.59. The van der Waals surface area contributed by atoms with Gasteiger partial charge in [-0.25, -0.2) is 0 Å². The van der Waals surface area contributed by atoms with Crippen molar-refractivity contribution in [2.24, 2.45) is 11.8 Å². The molecule has 8 N–H and O–H groups in total. The zero-order chi connectivity index (χ0) is 39.9. The van der Waals surface area contributed by atoms with E-state index in [9.17, 15) is 0 Å². The van der Waals surface area contributed by atoms with Gasteiger partial charge in [0.05, 0.1) is 11.4 Å². The molecule has 2 aromatic carbocycles. The van der Waals surface area contributed by atoms with Gasteiger partial charge in [0.15, 0.2) is 11.5 Å². The zero-order valence-corrected chi connectivity index (χ0v) is 36.8. The standard InChI is InChI=1S/C50H90N4O/c1-5-7-9-11-13-15-17-19-21-23-25-27-29-31-41(3)33-35-43-45(51)37-39-47(49(43)53)55-48-40-38-46(52)44(50(48)54)36-34-42(4)32-30-28-26-24-22-20-18-16-14-12-10-8-6-2/h37-42H,5-36,51-54H2,1-4H3. The Balaban J connectivity index is 1.69. The Bertz CT molecular complexity index is 1140. The minimum absolute atomic E-state index is 0.617. The number of rotatable bonds is 36. The molecule has 0 saturated heterocycles. The highest BCUT2D eigenvalue weighted by Crippen LogP contribution is 2.39. The number of hydrogen-bond acceptors (Lipinski definition) is 5. The number of anilines is 4. The molecule has 55 heavy (non-hydrogen) atoms. The van der Waals surface area contributed by atoms with Gasteiger partial charge < -0.3 is 27.7 Å². The Morgan fingerprint density at radius 3 is 0.945 bits per heavy atom. The van der Waals surface area contributed by atoms with Crippen LogP contribution in [0.25, 0.3) is 0 Å². The lowest BCUT2D eigenvalue weighted by atomic mass is 9.93. The van der Waals surface area contributed by atoms with Crippen molar-refractivity contribution >= 4 is 22.7 Å². The molecule has 2 atom stereocenters. The maximum Gasteiger partial charge on any atom is 0.150 e. The van der Waals surface area contributed by atoms with Crippen molar-refractivity contribution in [3.8, 4) is 11.5 Å². The van der Waals surface area contributed by atoms with Crippen molar-refractivity contribution in [1.82, 2.24) is 0 Å². The minimum atomic E-state index is 0.617. The molecule has 0 amide bonds. The SMILES string of the molecule is CCCCCCCCCCCCCCCC(C)CCc1c(N)ccc(Oc2ccc(N)c(CCC(C)CCCCCCCCCCCCCCC)c2N)c1N. The van der Waals surface area contributed by atoms with E-state index in [1.807, 2.05) is 24.3 Å². The number of nitrogens with two attached hydrogens (primary N) is 4. The minimum Gasteiger partial charge on any atom is -0.453 e. The third-order valence-corrected chi connectivity index (χ3v) is 12.3. The van der Waals surface area contributed by atoms with Crippen LogP contribution >= 0.6 is 0 Å². The van der Waals surface area contributed by atoms with Gasteiger partial charge in [0.25, 0.3) is 0 Å². The number of nitrogen functional groups attached to an aromatic ring is 4. The van der Waals surface area contributed by atoms with E-state index in [0.717, 1.165) is 48.2 Å². The number of unbranched alkanes of at least 4 members (excludes halogenated alkanes) is 24. The van der Waals surface area contributed by atoms with Gasteiger partial charge in [-0.1, -0.05) is 207 Å². The fourth-order valence-electron chi connectivity index (χ4n) is 8.27. The summed E-state index contributed by atoms with van der Waals surface area (Å²) in [6.45, 7) is 9.31. The van der Waals surface area contributed by atoms with Crippen molar-refractivity contribution in [2.45, 2.75) is 233 Å². The Labute approximate surface area is 341 Å².